The van der Waals surface area contributed by atoms with Gasteiger partial charge in [0.15, 0.2) is 0 Å². The highest BCUT2D eigenvalue weighted by molar-refractivity contribution is 6.01. The molecule has 1 aromatic carbocycles. The van der Waals surface area contributed by atoms with Gasteiger partial charge >= 0.3 is 0 Å². The maximum absolute atomic E-state index is 13.0. The molecule has 2 heterocycles. The second-order valence-electron chi connectivity index (χ2n) is 6.58. The van der Waals surface area contributed by atoms with Gasteiger partial charge in [0.2, 0.25) is 5.91 Å². The number of nitrogens with one attached hydrogen (secondary N) is 1. The fourth-order valence-corrected chi connectivity index (χ4v) is 3.21. The summed E-state index contributed by atoms with van der Waals surface area (Å²) in [7, 11) is 0. The number of hydrogen-bond donors (Lipinski definition) is 1. The lowest BCUT2D eigenvalue weighted by Gasteiger charge is -2.27. The zero-order valence-corrected chi connectivity index (χ0v) is 16.1. The molecule has 1 aromatic heterocycles. The van der Waals surface area contributed by atoms with Crippen LogP contribution in [0.5, 0.6) is 0 Å². The molecule has 1 N–H and O–H groups in total. The number of nitro groups is 1. The van der Waals surface area contributed by atoms with Crippen LogP contribution >= 0.6 is 0 Å². The van der Waals surface area contributed by atoms with E-state index in [1.54, 1.807) is 13.8 Å². The van der Waals surface area contributed by atoms with Crippen LogP contribution in [0.3, 0.4) is 0 Å². The number of nitrogens with zero attached hydrogens (tertiary/aromatic N) is 4. The van der Waals surface area contributed by atoms with E-state index in [1.165, 1.54) is 29.1 Å². The first kappa shape index (κ1) is 20.0. The third-order valence-corrected chi connectivity index (χ3v) is 4.50. The molecule has 1 fully saturated rings. The summed E-state index contributed by atoms with van der Waals surface area (Å²) >= 11 is 0. The molecule has 11 nitrogen and oxygen atoms in total. The number of aromatic nitrogens is 1. The first-order valence-electron chi connectivity index (χ1n) is 8.83. The molecule has 0 radical (unpaired) electrons. The number of rotatable bonds is 4. The number of benzene rings is 1. The van der Waals surface area contributed by atoms with E-state index >= 15 is 0 Å². The summed E-state index contributed by atoms with van der Waals surface area (Å²) in [5.74, 6) is -1.10. The molecule has 152 valence electrons. The maximum atomic E-state index is 13.0. The van der Waals surface area contributed by atoms with Crippen molar-refractivity contribution in [2.75, 3.05) is 18.4 Å². The van der Waals surface area contributed by atoms with Gasteiger partial charge in [0.25, 0.3) is 17.5 Å². The number of nitro benzene ring substituents is 1. The number of aryl methyl sites for hydroxylation is 2. The summed E-state index contributed by atoms with van der Waals surface area (Å²) in [5, 5.41) is 20.0. The summed E-state index contributed by atoms with van der Waals surface area (Å²) in [6.45, 7) is 5.08. The Labute approximate surface area is 165 Å². The molecule has 1 aliphatic heterocycles. The first-order chi connectivity index (χ1) is 13.7. The van der Waals surface area contributed by atoms with Crippen molar-refractivity contribution in [1.29, 1.82) is 0 Å². The predicted octanol–water partition coefficient (Wildman–Crippen LogP) is 2.06. The molecule has 11 heteroatoms. The number of anilines is 1. The SMILES string of the molecule is CC(=O)Nc1ccc(C(=O)N2CCCN2C(=O)c2c(C)noc2C)cc1[N+](=O)[O-]. The second kappa shape index (κ2) is 7.70. The van der Waals surface area contributed by atoms with E-state index in [0.29, 0.717) is 24.4 Å². The molecule has 29 heavy (non-hydrogen) atoms. The molecule has 0 saturated carbocycles. The monoisotopic (exact) mass is 401 g/mol. The van der Waals surface area contributed by atoms with Gasteiger partial charge in [-0.25, -0.2) is 10.0 Å². The van der Waals surface area contributed by atoms with Crippen molar-refractivity contribution in [1.82, 2.24) is 15.2 Å². The highest BCUT2D eigenvalue weighted by Gasteiger charge is 2.35. The predicted molar refractivity (Wildman–Crippen MR) is 100 cm³/mol. The van der Waals surface area contributed by atoms with Crippen molar-refractivity contribution in [3.05, 3.63) is 50.9 Å². The number of carbonyl (C=O) groups is 3. The Morgan fingerprint density at radius 1 is 1.17 bits per heavy atom. The minimum Gasteiger partial charge on any atom is -0.361 e. The summed E-state index contributed by atoms with van der Waals surface area (Å²) in [6.07, 6.45) is 0.562. The van der Waals surface area contributed by atoms with E-state index in [-0.39, 0.29) is 23.4 Å². The van der Waals surface area contributed by atoms with Gasteiger partial charge in [-0.15, -0.1) is 0 Å². The van der Waals surface area contributed by atoms with Crippen molar-refractivity contribution in [3.8, 4) is 0 Å². The maximum Gasteiger partial charge on any atom is 0.293 e. The zero-order chi connectivity index (χ0) is 21.3. The third kappa shape index (κ3) is 3.79. The Hall–Kier alpha value is -3.76. The average molecular weight is 401 g/mol. The van der Waals surface area contributed by atoms with Crippen LogP contribution in [0.15, 0.2) is 22.7 Å². The Bertz CT molecular complexity index is 995. The van der Waals surface area contributed by atoms with Crippen LogP contribution in [-0.2, 0) is 4.79 Å². The third-order valence-electron chi connectivity index (χ3n) is 4.50. The van der Waals surface area contributed by atoms with E-state index in [4.69, 9.17) is 4.52 Å². The van der Waals surface area contributed by atoms with Crippen molar-refractivity contribution in [2.24, 2.45) is 0 Å². The molecule has 0 unspecified atom stereocenters. The van der Waals surface area contributed by atoms with Crippen molar-refractivity contribution in [2.45, 2.75) is 27.2 Å². The standard InChI is InChI=1S/C18H19N5O6/c1-10-16(11(2)29-20-10)18(26)22-8-4-7-21(22)17(25)13-5-6-14(19-12(3)24)15(9-13)23(27)28/h5-6,9H,4,7-8H2,1-3H3,(H,19,24). The van der Waals surface area contributed by atoms with Crippen LogP contribution < -0.4 is 5.32 Å². The smallest absolute Gasteiger partial charge is 0.293 e. The number of hydrazine groups is 1. The molecule has 3 amide bonds. The molecule has 0 spiro atoms. The summed E-state index contributed by atoms with van der Waals surface area (Å²) < 4.78 is 5.03. The molecular weight excluding hydrogens is 382 g/mol. The molecule has 1 saturated heterocycles. The Balaban J connectivity index is 1.91. The average Bonchev–Trinajstić information content (AvgIpc) is 3.27. The van der Waals surface area contributed by atoms with Gasteiger partial charge in [-0.05, 0) is 32.4 Å². The van der Waals surface area contributed by atoms with Gasteiger partial charge < -0.3 is 9.84 Å². The van der Waals surface area contributed by atoms with Gasteiger partial charge in [0.05, 0.1) is 10.6 Å². The summed E-state index contributed by atoms with van der Waals surface area (Å²) in [6, 6.07) is 3.76. The molecule has 1 aliphatic rings. The normalized spacial score (nSPS) is 13.5. The lowest BCUT2D eigenvalue weighted by Crippen LogP contribution is -2.45. The highest BCUT2D eigenvalue weighted by Crippen LogP contribution is 2.28. The lowest BCUT2D eigenvalue weighted by molar-refractivity contribution is -0.384. The van der Waals surface area contributed by atoms with Crippen molar-refractivity contribution in [3.63, 3.8) is 0 Å². The van der Waals surface area contributed by atoms with Crippen LogP contribution in [0.25, 0.3) is 0 Å². The summed E-state index contributed by atoms with van der Waals surface area (Å²) in [5.41, 5.74) is 0.320. The Kier molecular flexibility index (Phi) is 5.31. The zero-order valence-electron chi connectivity index (χ0n) is 16.1. The summed E-state index contributed by atoms with van der Waals surface area (Å²) in [4.78, 5) is 47.8. The topological polar surface area (TPSA) is 139 Å². The molecule has 0 aliphatic carbocycles. The fourth-order valence-electron chi connectivity index (χ4n) is 3.21. The molecule has 3 rings (SSSR count). The number of amides is 3. The Morgan fingerprint density at radius 3 is 2.38 bits per heavy atom. The van der Waals surface area contributed by atoms with E-state index in [9.17, 15) is 24.5 Å². The lowest BCUT2D eigenvalue weighted by atomic mass is 10.1. The minimum absolute atomic E-state index is 0.0101. The van der Waals surface area contributed by atoms with Gasteiger partial charge in [-0.1, -0.05) is 5.16 Å². The second-order valence-corrected chi connectivity index (χ2v) is 6.58. The van der Waals surface area contributed by atoms with Crippen molar-refractivity contribution < 1.29 is 23.8 Å². The van der Waals surface area contributed by atoms with Gasteiger partial charge in [-0.3, -0.25) is 24.5 Å². The first-order valence-corrected chi connectivity index (χ1v) is 8.83. The minimum atomic E-state index is -0.682. The number of hydrogen-bond acceptors (Lipinski definition) is 7. The van der Waals surface area contributed by atoms with Crippen LogP contribution in [0.2, 0.25) is 0 Å². The Morgan fingerprint density at radius 2 is 1.83 bits per heavy atom. The quantitative estimate of drug-likeness (QED) is 0.611. The molecule has 0 atom stereocenters. The number of carbonyl (C=O) groups excluding carboxylic acids is 3. The van der Waals surface area contributed by atoms with Gasteiger partial charge in [0.1, 0.15) is 17.0 Å². The van der Waals surface area contributed by atoms with Gasteiger partial charge in [-0.2, -0.15) is 0 Å². The van der Waals surface area contributed by atoms with E-state index < -0.39 is 28.3 Å². The molecular formula is C18H19N5O6. The van der Waals surface area contributed by atoms with E-state index in [2.05, 4.69) is 10.5 Å². The van der Waals surface area contributed by atoms with Crippen LogP contribution in [0.4, 0.5) is 11.4 Å². The van der Waals surface area contributed by atoms with Crippen molar-refractivity contribution >= 4 is 29.1 Å². The largest absolute Gasteiger partial charge is 0.361 e. The van der Waals surface area contributed by atoms with Gasteiger partial charge in [0, 0.05) is 31.6 Å². The molecule has 0 bridgehead atoms. The van der Waals surface area contributed by atoms with E-state index in [0.717, 1.165) is 6.07 Å². The van der Waals surface area contributed by atoms with Crippen LogP contribution in [0.1, 0.15) is 45.5 Å². The molecule has 2 aromatic rings. The van der Waals surface area contributed by atoms with E-state index in [1.807, 2.05) is 0 Å². The highest BCUT2D eigenvalue weighted by atomic mass is 16.6. The fraction of sp³-hybridized carbons (Fsp3) is 0.333. The van der Waals surface area contributed by atoms with Crippen LogP contribution in [0, 0.1) is 24.0 Å². The van der Waals surface area contributed by atoms with Crippen LogP contribution in [-0.4, -0.2) is 50.9 Å².